The third-order valence-electron chi connectivity index (χ3n) is 6.16. The number of methoxy groups -OCH3 is 1. The predicted octanol–water partition coefficient (Wildman–Crippen LogP) is 4.89. The summed E-state index contributed by atoms with van der Waals surface area (Å²) in [7, 11) is 1.68. The zero-order valence-corrected chi connectivity index (χ0v) is 17.9. The topological polar surface area (TPSA) is 87.8 Å². The lowest BCUT2D eigenvalue weighted by atomic mass is 10.0. The fourth-order valence-electron chi connectivity index (χ4n) is 4.52. The highest BCUT2D eigenvalue weighted by Crippen LogP contribution is 2.35. The number of nitrogens with one attached hydrogen (secondary N) is 1. The van der Waals surface area contributed by atoms with Crippen molar-refractivity contribution in [1.29, 1.82) is 0 Å². The second-order valence-corrected chi connectivity index (χ2v) is 8.22. The Kier molecular flexibility index (Phi) is 5.41. The van der Waals surface area contributed by atoms with E-state index in [9.17, 15) is 4.79 Å². The summed E-state index contributed by atoms with van der Waals surface area (Å²) < 4.78 is 11.8. The molecule has 2 N–H and O–H groups in total. The van der Waals surface area contributed by atoms with Gasteiger partial charge in [0.05, 0.1) is 7.11 Å². The van der Waals surface area contributed by atoms with Crippen molar-refractivity contribution in [1.82, 2.24) is 15.2 Å². The first-order chi connectivity index (χ1) is 15.6. The molecule has 0 aliphatic carbocycles. The molecule has 7 nitrogen and oxygen atoms in total. The molecule has 5 rings (SSSR count). The fourth-order valence-corrected chi connectivity index (χ4v) is 4.52. The predicted molar refractivity (Wildman–Crippen MR) is 123 cm³/mol. The number of carbonyl (C=O) groups is 1. The standard InChI is InChI=1S/C25H25N3O4/c1-31-23-12-17-13-26-14-21(24-11-16-4-2-3-5-22(16)32-24)20(17)10-18(23)15-28-8-6-19(7-9-28)27-25(29)30/h2-5,10-14,19,27H,6-9,15H2,1H3,(H,29,30). The number of hydrogen-bond acceptors (Lipinski definition) is 5. The first-order valence-corrected chi connectivity index (χ1v) is 10.8. The first-order valence-electron chi connectivity index (χ1n) is 10.8. The Bertz CT molecular complexity index is 1240. The van der Waals surface area contributed by atoms with Gasteiger partial charge in [0.1, 0.15) is 17.1 Å². The zero-order chi connectivity index (χ0) is 22.1. The van der Waals surface area contributed by atoms with Gasteiger partial charge in [-0.2, -0.15) is 0 Å². The number of piperidine rings is 1. The van der Waals surface area contributed by atoms with Gasteiger partial charge in [-0.15, -0.1) is 0 Å². The normalized spacial score (nSPS) is 15.3. The minimum Gasteiger partial charge on any atom is -0.496 e. The van der Waals surface area contributed by atoms with Gasteiger partial charge in [0, 0.05) is 60.0 Å². The van der Waals surface area contributed by atoms with Gasteiger partial charge in [0.25, 0.3) is 0 Å². The quantitative estimate of drug-likeness (QED) is 0.468. The molecule has 164 valence electrons. The Labute approximate surface area is 185 Å². The van der Waals surface area contributed by atoms with Gasteiger partial charge in [-0.05, 0) is 42.5 Å². The van der Waals surface area contributed by atoms with Crippen LogP contribution >= 0.6 is 0 Å². The number of carboxylic acid groups (broad SMARTS) is 1. The number of nitrogens with zero attached hydrogens (tertiary/aromatic N) is 2. The molecule has 0 unspecified atom stereocenters. The van der Waals surface area contributed by atoms with Crippen LogP contribution in [0.15, 0.2) is 59.3 Å². The highest BCUT2D eigenvalue weighted by Gasteiger charge is 2.22. The molecular formula is C25H25N3O4. The van der Waals surface area contributed by atoms with E-state index in [0.717, 1.165) is 76.9 Å². The van der Waals surface area contributed by atoms with Crippen molar-refractivity contribution in [2.75, 3.05) is 20.2 Å². The summed E-state index contributed by atoms with van der Waals surface area (Å²) in [6.45, 7) is 2.40. The van der Waals surface area contributed by atoms with Crippen molar-refractivity contribution >= 4 is 27.8 Å². The van der Waals surface area contributed by atoms with Crippen LogP contribution in [-0.4, -0.2) is 47.3 Å². The maximum absolute atomic E-state index is 10.9. The highest BCUT2D eigenvalue weighted by atomic mass is 16.5. The monoisotopic (exact) mass is 431 g/mol. The molecule has 1 fully saturated rings. The van der Waals surface area contributed by atoms with Crippen LogP contribution in [0.1, 0.15) is 18.4 Å². The number of aromatic nitrogens is 1. The van der Waals surface area contributed by atoms with E-state index in [1.54, 1.807) is 7.11 Å². The van der Waals surface area contributed by atoms with Crippen LogP contribution in [0.5, 0.6) is 5.75 Å². The summed E-state index contributed by atoms with van der Waals surface area (Å²) in [6, 6.07) is 14.2. The molecule has 0 radical (unpaired) electrons. The molecule has 2 aromatic carbocycles. The summed E-state index contributed by atoms with van der Waals surface area (Å²) in [5.41, 5.74) is 2.89. The molecule has 3 heterocycles. The second kappa shape index (κ2) is 8.51. The van der Waals surface area contributed by atoms with Crippen molar-refractivity contribution < 1.29 is 19.1 Å². The first kappa shape index (κ1) is 20.3. The molecule has 1 saturated heterocycles. The Hall–Kier alpha value is -3.58. The van der Waals surface area contributed by atoms with E-state index < -0.39 is 6.09 Å². The Morgan fingerprint density at radius 1 is 1.19 bits per heavy atom. The second-order valence-electron chi connectivity index (χ2n) is 8.22. The van der Waals surface area contributed by atoms with E-state index in [0.29, 0.717) is 0 Å². The van der Waals surface area contributed by atoms with E-state index in [4.69, 9.17) is 14.3 Å². The molecule has 1 amide bonds. The van der Waals surface area contributed by atoms with Crippen LogP contribution in [0.4, 0.5) is 4.79 Å². The van der Waals surface area contributed by atoms with Crippen molar-refractivity contribution in [2.45, 2.75) is 25.4 Å². The van der Waals surface area contributed by atoms with Gasteiger partial charge < -0.3 is 19.6 Å². The number of likely N-dealkylation sites (tertiary alicyclic amines) is 1. The summed E-state index contributed by atoms with van der Waals surface area (Å²) in [5, 5.41) is 14.7. The minimum absolute atomic E-state index is 0.0213. The largest absolute Gasteiger partial charge is 0.496 e. The molecule has 1 aliphatic heterocycles. The van der Waals surface area contributed by atoms with Crippen LogP contribution in [0, 0.1) is 0 Å². The third-order valence-corrected chi connectivity index (χ3v) is 6.16. The van der Waals surface area contributed by atoms with Crippen LogP contribution < -0.4 is 10.1 Å². The van der Waals surface area contributed by atoms with Crippen molar-refractivity contribution in [3.05, 3.63) is 60.4 Å². The molecule has 32 heavy (non-hydrogen) atoms. The van der Waals surface area contributed by atoms with Crippen LogP contribution in [0.3, 0.4) is 0 Å². The Morgan fingerprint density at radius 2 is 2.00 bits per heavy atom. The van der Waals surface area contributed by atoms with Gasteiger partial charge in [-0.25, -0.2) is 4.79 Å². The lowest BCUT2D eigenvalue weighted by Gasteiger charge is -2.32. The number of amides is 1. The summed E-state index contributed by atoms with van der Waals surface area (Å²) in [4.78, 5) is 17.7. The van der Waals surface area contributed by atoms with Gasteiger partial charge in [-0.1, -0.05) is 18.2 Å². The van der Waals surface area contributed by atoms with Crippen molar-refractivity contribution in [2.24, 2.45) is 0 Å². The molecule has 4 aromatic rings. The minimum atomic E-state index is -0.952. The summed E-state index contributed by atoms with van der Waals surface area (Å²) >= 11 is 0. The Balaban J connectivity index is 1.47. The number of furan rings is 1. The summed E-state index contributed by atoms with van der Waals surface area (Å²) in [5.74, 6) is 1.62. The molecule has 7 heteroatoms. The van der Waals surface area contributed by atoms with Gasteiger partial charge >= 0.3 is 6.09 Å². The highest BCUT2D eigenvalue weighted by molar-refractivity contribution is 5.97. The van der Waals surface area contributed by atoms with Crippen LogP contribution in [0.25, 0.3) is 33.1 Å². The number of hydrogen-bond donors (Lipinski definition) is 2. The number of pyridine rings is 1. The van der Waals surface area contributed by atoms with Crippen LogP contribution in [0.2, 0.25) is 0 Å². The SMILES string of the molecule is COc1cc2cncc(-c3cc4ccccc4o3)c2cc1CN1CCC(NC(=O)O)CC1. The zero-order valence-electron chi connectivity index (χ0n) is 17.9. The average molecular weight is 431 g/mol. The fraction of sp³-hybridized carbons (Fsp3) is 0.280. The van der Waals surface area contributed by atoms with Crippen molar-refractivity contribution in [3.8, 4) is 17.1 Å². The molecule has 1 aliphatic rings. The molecule has 0 bridgehead atoms. The Morgan fingerprint density at radius 3 is 2.75 bits per heavy atom. The lowest BCUT2D eigenvalue weighted by Crippen LogP contribution is -2.43. The average Bonchev–Trinajstić information content (AvgIpc) is 3.23. The number of fused-ring (bicyclic) bond motifs is 2. The van der Waals surface area contributed by atoms with E-state index in [2.05, 4.69) is 27.3 Å². The molecule has 0 saturated carbocycles. The number of para-hydroxylation sites is 1. The number of rotatable bonds is 5. The van der Waals surface area contributed by atoms with Gasteiger partial charge in [-0.3, -0.25) is 9.88 Å². The van der Waals surface area contributed by atoms with Gasteiger partial charge in [0.2, 0.25) is 0 Å². The maximum Gasteiger partial charge on any atom is 0.404 e. The lowest BCUT2D eigenvalue weighted by molar-refractivity contribution is 0.164. The van der Waals surface area contributed by atoms with E-state index in [1.165, 1.54) is 0 Å². The third kappa shape index (κ3) is 3.99. The smallest absolute Gasteiger partial charge is 0.404 e. The maximum atomic E-state index is 10.9. The molecule has 0 spiro atoms. The molecule has 0 atom stereocenters. The summed E-state index contributed by atoms with van der Waals surface area (Å²) in [6.07, 6.45) is 4.34. The molecule has 2 aromatic heterocycles. The van der Waals surface area contributed by atoms with E-state index >= 15 is 0 Å². The van der Waals surface area contributed by atoms with Crippen molar-refractivity contribution in [3.63, 3.8) is 0 Å². The molecular weight excluding hydrogens is 406 g/mol. The van der Waals surface area contributed by atoms with E-state index in [1.807, 2.05) is 42.7 Å². The number of ether oxygens (including phenoxy) is 1. The van der Waals surface area contributed by atoms with Gasteiger partial charge in [0.15, 0.2) is 0 Å². The van der Waals surface area contributed by atoms with E-state index in [-0.39, 0.29) is 6.04 Å². The number of benzene rings is 2. The van der Waals surface area contributed by atoms with Crippen LogP contribution in [-0.2, 0) is 6.54 Å².